The second kappa shape index (κ2) is 7.28. The van der Waals surface area contributed by atoms with Crippen molar-refractivity contribution in [3.63, 3.8) is 0 Å². The van der Waals surface area contributed by atoms with E-state index in [2.05, 4.69) is 15.8 Å². The second-order valence-electron chi connectivity index (χ2n) is 4.23. The van der Waals surface area contributed by atoms with Crippen LogP contribution in [0.15, 0.2) is 53.6 Å². The first kappa shape index (κ1) is 15.6. The quantitative estimate of drug-likeness (QED) is 0.459. The smallest absolute Gasteiger partial charge is 0.335 e. The van der Waals surface area contributed by atoms with Gasteiger partial charge in [0.25, 0.3) is 0 Å². The van der Waals surface area contributed by atoms with Gasteiger partial charge in [-0.2, -0.15) is 5.10 Å². The van der Waals surface area contributed by atoms with Crippen molar-refractivity contribution in [3.05, 3.63) is 65.5 Å². The summed E-state index contributed by atoms with van der Waals surface area (Å²) in [4.78, 5) is 10.9. The van der Waals surface area contributed by atoms with Crippen LogP contribution in [0.1, 0.15) is 15.9 Å². The number of carboxylic acids is 1. The number of carbonyl (C=O) groups is 1. The highest BCUT2D eigenvalue weighted by Crippen LogP contribution is 2.10. The third kappa shape index (κ3) is 4.35. The maximum Gasteiger partial charge on any atom is 0.335 e. The molecular weight excluding hydrogens is 305 g/mol. The fourth-order valence-corrected chi connectivity index (χ4v) is 1.80. The van der Waals surface area contributed by atoms with Crippen LogP contribution in [0.2, 0.25) is 0 Å². The van der Waals surface area contributed by atoms with E-state index in [0.717, 1.165) is 0 Å². The zero-order valence-electron chi connectivity index (χ0n) is 11.3. The number of anilines is 1. The van der Waals surface area contributed by atoms with E-state index in [4.69, 9.17) is 17.3 Å². The molecule has 5 nitrogen and oxygen atoms in total. The Morgan fingerprint density at radius 2 is 2.00 bits per heavy atom. The Kier molecular flexibility index (Phi) is 5.16. The minimum Gasteiger partial charge on any atom is -0.478 e. The third-order valence-corrected chi connectivity index (χ3v) is 2.84. The predicted molar refractivity (Wildman–Crippen MR) is 86.8 cm³/mol. The minimum atomic E-state index is -1.03. The maximum absolute atomic E-state index is 13.4. The average Bonchev–Trinajstić information content (AvgIpc) is 2.49. The Balaban J connectivity index is 1.95. The number of nitrogens with one attached hydrogen (secondary N) is 2. The first-order valence-electron chi connectivity index (χ1n) is 6.24. The van der Waals surface area contributed by atoms with Crippen molar-refractivity contribution in [2.45, 2.75) is 0 Å². The fraction of sp³-hybridized carbons (Fsp3) is 0. The standard InChI is InChI=1S/C15H12FN3O2S/c16-13-7-2-1-4-11(13)9-17-19-15(22)18-12-6-3-5-10(8-12)14(20)21/h1-9H,(H,20,21)(H2,18,19,22)/b17-9-. The Hall–Kier alpha value is -2.80. The number of halogens is 1. The van der Waals surface area contributed by atoms with Crippen LogP contribution in [0.5, 0.6) is 0 Å². The van der Waals surface area contributed by atoms with Crippen LogP contribution in [0.3, 0.4) is 0 Å². The van der Waals surface area contributed by atoms with Crippen molar-refractivity contribution in [3.8, 4) is 0 Å². The molecule has 0 radical (unpaired) electrons. The lowest BCUT2D eigenvalue weighted by Gasteiger charge is -2.07. The highest BCUT2D eigenvalue weighted by Gasteiger charge is 2.04. The molecule has 0 amide bonds. The number of hydrogen-bond acceptors (Lipinski definition) is 3. The molecule has 0 aromatic heterocycles. The molecule has 0 atom stereocenters. The second-order valence-corrected chi connectivity index (χ2v) is 4.64. The van der Waals surface area contributed by atoms with Gasteiger partial charge in [-0.05, 0) is 36.5 Å². The predicted octanol–water partition coefficient (Wildman–Crippen LogP) is 2.84. The maximum atomic E-state index is 13.4. The zero-order valence-corrected chi connectivity index (χ0v) is 12.1. The summed E-state index contributed by atoms with van der Waals surface area (Å²) in [7, 11) is 0. The molecule has 0 saturated heterocycles. The SMILES string of the molecule is O=C(O)c1cccc(NC(=S)N/N=C\c2ccccc2F)c1. The molecule has 2 aromatic rings. The Labute approximate surface area is 131 Å². The van der Waals surface area contributed by atoms with Crippen molar-refractivity contribution in [1.82, 2.24) is 5.43 Å². The number of carboxylic acid groups (broad SMARTS) is 1. The van der Waals surface area contributed by atoms with Gasteiger partial charge in [-0.15, -0.1) is 0 Å². The zero-order chi connectivity index (χ0) is 15.9. The molecule has 0 aliphatic carbocycles. The molecule has 0 bridgehead atoms. The summed E-state index contributed by atoms with van der Waals surface area (Å²) in [5.41, 5.74) is 3.51. The molecule has 0 saturated carbocycles. The molecule has 0 fully saturated rings. The van der Waals surface area contributed by atoms with Crippen molar-refractivity contribution < 1.29 is 14.3 Å². The lowest BCUT2D eigenvalue weighted by Crippen LogP contribution is -2.24. The van der Waals surface area contributed by atoms with E-state index in [1.807, 2.05) is 0 Å². The lowest BCUT2D eigenvalue weighted by atomic mass is 10.2. The summed E-state index contributed by atoms with van der Waals surface area (Å²) in [6.07, 6.45) is 1.30. The van der Waals surface area contributed by atoms with Crippen molar-refractivity contribution in [1.29, 1.82) is 0 Å². The summed E-state index contributed by atoms with van der Waals surface area (Å²) in [6, 6.07) is 12.4. The van der Waals surface area contributed by atoms with E-state index in [0.29, 0.717) is 11.3 Å². The molecule has 0 heterocycles. The molecule has 112 valence electrons. The van der Waals surface area contributed by atoms with E-state index >= 15 is 0 Å². The lowest BCUT2D eigenvalue weighted by molar-refractivity contribution is 0.0697. The van der Waals surface area contributed by atoms with Crippen molar-refractivity contribution in [2.75, 3.05) is 5.32 Å². The summed E-state index contributed by atoms with van der Waals surface area (Å²) < 4.78 is 13.4. The summed E-state index contributed by atoms with van der Waals surface area (Å²) >= 11 is 5.02. The van der Waals surface area contributed by atoms with Crippen LogP contribution in [-0.2, 0) is 0 Å². The molecule has 2 aromatic carbocycles. The highest BCUT2D eigenvalue weighted by atomic mass is 32.1. The Morgan fingerprint density at radius 3 is 2.73 bits per heavy atom. The van der Waals surface area contributed by atoms with Crippen LogP contribution in [-0.4, -0.2) is 22.4 Å². The van der Waals surface area contributed by atoms with Crippen LogP contribution in [0.25, 0.3) is 0 Å². The van der Waals surface area contributed by atoms with Crippen LogP contribution < -0.4 is 10.7 Å². The van der Waals surface area contributed by atoms with E-state index < -0.39 is 5.97 Å². The molecule has 2 rings (SSSR count). The Bertz CT molecular complexity index is 734. The largest absolute Gasteiger partial charge is 0.478 e. The van der Waals surface area contributed by atoms with Crippen LogP contribution in [0.4, 0.5) is 10.1 Å². The van der Waals surface area contributed by atoms with Crippen molar-refractivity contribution >= 4 is 35.2 Å². The summed E-state index contributed by atoms with van der Waals surface area (Å²) in [5, 5.41) is 15.7. The van der Waals surface area contributed by atoms with Crippen molar-refractivity contribution in [2.24, 2.45) is 5.10 Å². The van der Waals surface area contributed by atoms with Crippen LogP contribution in [0, 0.1) is 5.82 Å². The van der Waals surface area contributed by atoms with Gasteiger partial charge in [-0.25, -0.2) is 9.18 Å². The average molecular weight is 317 g/mol. The monoisotopic (exact) mass is 317 g/mol. The van der Waals surface area contributed by atoms with Gasteiger partial charge in [0, 0.05) is 11.3 Å². The number of rotatable bonds is 4. The molecule has 0 spiro atoms. The normalized spacial score (nSPS) is 10.4. The van der Waals surface area contributed by atoms with Gasteiger partial charge in [-0.1, -0.05) is 24.3 Å². The molecule has 0 aliphatic heterocycles. The molecule has 3 N–H and O–H groups in total. The van der Waals surface area contributed by atoms with Gasteiger partial charge >= 0.3 is 5.97 Å². The molecule has 0 aliphatic rings. The van der Waals surface area contributed by atoms with Gasteiger partial charge in [-0.3, -0.25) is 5.43 Å². The highest BCUT2D eigenvalue weighted by molar-refractivity contribution is 7.80. The van der Waals surface area contributed by atoms with Gasteiger partial charge in [0.05, 0.1) is 11.8 Å². The summed E-state index contributed by atoms with van der Waals surface area (Å²) in [6.45, 7) is 0. The minimum absolute atomic E-state index is 0.141. The van der Waals surface area contributed by atoms with Gasteiger partial charge < -0.3 is 10.4 Å². The van der Waals surface area contributed by atoms with E-state index in [1.165, 1.54) is 24.4 Å². The molecule has 7 heteroatoms. The first-order valence-corrected chi connectivity index (χ1v) is 6.65. The van der Waals surface area contributed by atoms with Gasteiger partial charge in [0.1, 0.15) is 5.82 Å². The molecule has 22 heavy (non-hydrogen) atoms. The molecule has 0 unspecified atom stereocenters. The number of hydrogen-bond donors (Lipinski definition) is 3. The van der Waals surface area contributed by atoms with E-state index in [9.17, 15) is 9.18 Å². The number of nitrogens with zero attached hydrogens (tertiary/aromatic N) is 1. The fourth-order valence-electron chi connectivity index (χ4n) is 1.63. The summed E-state index contributed by atoms with van der Waals surface area (Å²) in [5.74, 6) is -1.42. The third-order valence-electron chi connectivity index (χ3n) is 2.64. The first-order chi connectivity index (χ1) is 10.6. The van der Waals surface area contributed by atoms with Gasteiger partial charge in [0.2, 0.25) is 0 Å². The van der Waals surface area contributed by atoms with Crippen LogP contribution >= 0.6 is 12.2 Å². The number of benzene rings is 2. The Morgan fingerprint density at radius 1 is 1.23 bits per heavy atom. The van der Waals surface area contributed by atoms with E-state index in [-0.39, 0.29) is 16.5 Å². The number of aromatic carboxylic acids is 1. The van der Waals surface area contributed by atoms with Gasteiger partial charge in [0.15, 0.2) is 5.11 Å². The number of hydrazone groups is 1. The topological polar surface area (TPSA) is 73.7 Å². The van der Waals surface area contributed by atoms with E-state index in [1.54, 1.807) is 30.3 Å². The molecular formula is C15H12FN3O2S. The number of thiocarbonyl (C=S) groups is 1.